The Hall–Kier alpha value is -1.58. The molecular formula is C17H19NOS. The quantitative estimate of drug-likeness (QED) is 0.744. The topological polar surface area (TPSA) is 25.2 Å². The summed E-state index contributed by atoms with van der Waals surface area (Å²) in [5.74, 6) is 0.994. The van der Waals surface area contributed by atoms with Crippen LogP contribution in [0.15, 0.2) is 39.4 Å². The van der Waals surface area contributed by atoms with Gasteiger partial charge in [-0.15, -0.1) is 0 Å². The lowest BCUT2D eigenvalue weighted by atomic mass is 10.0. The van der Waals surface area contributed by atoms with Gasteiger partial charge < -0.3 is 9.73 Å². The van der Waals surface area contributed by atoms with E-state index in [1.54, 1.807) is 11.3 Å². The molecule has 0 fully saturated rings. The van der Waals surface area contributed by atoms with Gasteiger partial charge in [0, 0.05) is 5.39 Å². The molecule has 0 amide bonds. The second-order valence-corrected chi connectivity index (χ2v) is 5.93. The van der Waals surface area contributed by atoms with Crippen LogP contribution < -0.4 is 5.32 Å². The second-order valence-electron chi connectivity index (χ2n) is 5.19. The van der Waals surface area contributed by atoms with Crippen molar-refractivity contribution >= 4 is 22.3 Å². The highest BCUT2D eigenvalue weighted by Crippen LogP contribution is 2.31. The van der Waals surface area contributed by atoms with Crippen LogP contribution in [0.4, 0.5) is 0 Å². The number of hydrogen-bond acceptors (Lipinski definition) is 3. The van der Waals surface area contributed by atoms with E-state index < -0.39 is 0 Å². The van der Waals surface area contributed by atoms with Gasteiger partial charge in [0.2, 0.25) is 0 Å². The van der Waals surface area contributed by atoms with Crippen LogP contribution in [0.25, 0.3) is 11.0 Å². The highest BCUT2D eigenvalue weighted by molar-refractivity contribution is 7.08. The predicted octanol–water partition coefficient (Wildman–Crippen LogP) is 4.81. The van der Waals surface area contributed by atoms with Crippen LogP contribution in [0.3, 0.4) is 0 Å². The van der Waals surface area contributed by atoms with Crippen LogP contribution in [-0.4, -0.2) is 6.54 Å². The van der Waals surface area contributed by atoms with Crippen molar-refractivity contribution in [2.45, 2.75) is 26.8 Å². The van der Waals surface area contributed by atoms with Gasteiger partial charge in [-0.3, -0.25) is 0 Å². The van der Waals surface area contributed by atoms with E-state index in [1.165, 1.54) is 22.1 Å². The third kappa shape index (κ3) is 2.39. The molecule has 0 saturated carbocycles. The Morgan fingerprint density at radius 3 is 2.75 bits per heavy atom. The molecule has 0 spiro atoms. The van der Waals surface area contributed by atoms with Crippen molar-refractivity contribution in [3.05, 3.63) is 57.5 Å². The van der Waals surface area contributed by atoms with E-state index in [0.717, 1.165) is 17.9 Å². The summed E-state index contributed by atoms with van der Waals surface area (Å²) in [6.45, 7) is 7.30. The van der Waals surface area contributed by atoms with Crippen molar-refractivity contribution in [1.82, 2.24) is 5.32 Å². The molecule has 20 heavy (non-hydrogen) atoms. The zero-order chi connectivity index (χ0) is 14.1. The molecule has 1 aromatic carbocycles. The molecular weight excluding hydrogens is 266 g/mol. The zero-order valence-corrected chi connectivity index (χ0v) is 12.9. The molecule has 3 aromatic rings. The lowest BCUT2D eigenvalue weighted by molar-refractivity contribution is 0.477. The fourth-order valence-corrected chi connectivity index (χ4v) is 3.44. The maximum Gasteiger partial charge on any atom is 0.134 e. The molecule has 3 heteroatoms. The second kappa shape index (κ2) is 5.43. The minimum absolute atomic E-state index is 0.138. The molecule has 0 radical (unpaired) electrons. The van der Waals surface area contributed by atoms with E-state index in [-0.39, 0.29) is 6.04 Å². The van der Waals surface area contributed by atoms with E-state index in [4.69, 9.17) is 4.42 Å². The summed E-state index contributed by atoms with van der Waals surface area (Å²) in [4.78, 5) is 0. The third-order valence-electron chi connectivity index (χ3n) is 3.59. The maximum atomic E-state index is 6.06. The first-order valence-electron chi connectivity index (χ1n) is 6.95. The average Bonchev–Trinajstić information content (AvgIpc) is 3.01. The summed E-state index contributed by atoms with van der Waals surface area (Å²) < 4.78 is 6.06. The largest absolute Gasteiger partial charge is 0.459 e. The summed E-state index contributed by atoms with van der Waals surface area (Å²) in [6.07, 6.45) is 0. The van der Waals surface area contributed by atoms with Crippen molar-refractivity contribution in [3.8, 4) is 0 Å². The molecule has 2 nitrogen and oxygen atoms in total. The maximum absolute atomic E-state index is 6.06. The lowest BCUT2D eigenvalue weighted by Crippen LogP contribution is -2.21. The molecule has 104 valence electrons. The molecule has 0 aliphatic heterocycles. The van der Waals surface area contributed by atoms with E-state index in [9.17, 15) is 0 Å². The molecule has 0 bridgehead atoms. The van der Waals surface area contributed by atoms with Crippen LogP contribution >= 0.6 is 11.3 Å². The normalized spacial score (nSPS) is 12.9. The van der Waals surface area contributed by atoms with Crippen LogP contribution in [0.1, 0.15) is 35.4 Å². The molecule has 0 saturated heterocycles. The molecule has 1 unspecified atom stereocenters. The highest BCUT2D eigenvalue weighted by atomic mass is 32.1. The number of nitrogens with one attached hydrogen (secondary N) is 1. The number of rotatable bonds is 4. The Labute approximate surface area is 123 Å². The SMILES string of the molecule is CCNC(c1cc2cc(C)ccc2o1)c1cscc1C. The van der Waals surface area contributed by atoms with Gasteiger partial charge >= 0.3 is 0 Å². The van der Waals surface area contributed by atoms with Crippen LogP contribution in [0.2, 0.25) is 0 Å². The first kappa shape index (κ1) is 13.4. The molecule has 1 atom stereocenters. The van der Waals surface area contributed by atoms with Crippen LogP contribution in [-0.2, 0) is 0 Å². The summed E-state index contributed by atoms with van der Waals surface area (Å²) in [6, 6.07) is 8.61. The highest BCUT2D eigenvalue weighted by Gasteiger charge is 2.20. The van der Waals surface area contributed by atoms with E-state index in [2.05, 4.69) is 61.1 Å². The van der Waals surface area contributed by atoms with Crippen LogP contribution in [0.5, 0.6) is 0 Å². The number of thiophene rings is 1. The van der Waals surface area contributed by atoms with Crippen LogP contribution in [0, 0.1) is 13.8 Å². The smallest absolute Gasteiger partial charge is 0.134 e. The average molecular weight is 285 g/mol. The first-order chi connectivity index (χ1) is 9.69. The molecule has 2 heterocycles. The number of furan rings is 1. The van der Waals surface area contributed by atoms with Gasteiger partial charge in [0.1, 0.15) is 11.3 Å². The van der Waals surface area contributed by atoms with E-state index in [1.807, 2.05) is 0 Å². The Morgan fingerprint density at radius 1 is 1.20 bits per heavy atom. The zero-order valence-electron chi connectivity index (χ0n) is 12.1. The van der Waals surface area contributed by atoms with Crippen molar-refractivity contribution in [2.75, 3.05) is 6.54 Å². The van der Waals surface area contributed by atoms with E-state index >= 15 is 0 Å². The van der Waals surface area contributed by atoms with Gasteiger partial charge in [-0.05, 0) is 60.5 Å². The van der Waals surface area contributed by atoms with Gasteiger partial charge in [0.25, 0.3) is 0 Å². The van der Waals surface area contributed by atoms with Gasteiger partial charge in [0.05, 0.1) is 6.04 Å². The van der Waals surface area contributed by atoms with Crippen molar-refractivity contribution in [1.29, 1.82) is 0 Å². The van der Waals surface area contributed by atoms with Gasteiger partial charge in [-0.25, -0.2) is 0 Å². The number of benzene rings is 1. The minimum atomic E-state index is 0.138. The Morgan fingerprint density at radius 2 is 2.05 bits per heavy atom. The van der Waals surface area contributed by atoms with Gasteiger partial charge in [0.15, 0.2) is 0 Å². The fraction of sp³-hybridized carbons (Fsp3) is 0.294. The van der Waals surface area contributed by atoms with Crippen molar-refractivity contribution in [3.63, 3.8) is 0 Å². The van der Waals surface area contributed by atoms with E-state index in [0.29, 0.717) is 0 Å². The monoisotopic (exact) mass is 285 g/mol. The first-order valence-corrected chi connectivity index (χ1v) is 7.89. The summed E-state index contributed by atoms with van der Waals surface area (Å²) in [5.41, 5.74) is 4.85. The summed E-state index contributed by atoms with van der Waals surface area (Å²) >= 11 is 1.74. The minimum Gasteiger partial charge on any atom is -0.459 e. The third-order valence-corrected chi connectivity index (χ3v) is 4.47. The van der Waals surface area contributed by atoms with Gasteiger partial charge in [-0.1, -0.05) is 18.6 Å². The van der Waals surface area contributed by atoms with Crippen molar-refractivity contribution in [2.24, 2.45) is 0 Å². The standard InChI is InChI=1S/C17H19NOS/c1-4-18-17(14-10-20-9-12(14)3)16-8-13-7-11(2)5-6-15(13)19-16/h5-10,17-18H,4H2,1-3H3. The Balaban J connectivity index is 2.07. The summed E-state index contributed by atoms with van der Waals surface area (Å²) in [7, 11) is 0. The number of aryl methyl sites for hydroxylation is 2. The molecule has 0 aliphatic rings. The van der Waals surface area contributed by atoms with Gasteiger partial charge in [-0.2, -0.15) is 11.3 Å². The Bertz CT molecular complexity index is 726. The molecule has 3 rings (SSSR count). The molecule has 0 aliphatic carbocycles. The van der Waals surface area contributed by atoms with Crippen molar-refractivity contribution < 1.29 is 4.42 Å². The predicted molar refractivity (Wildman–Crippen MR) is 85.5 cm³/mol. The molecule has 2 aromatic heterocycles. The number of hydrogen-bond donors (Lipinski definition) is 1. The number of fused-ring (bicyclic) bond motifs is 1. The fourth-order valence-electron chi connectivity index (χ4n) is 2.56. The lowest BCUT2D eigenvalue weighted by Gasteiger charge is -2.15. The Kier molecular flexibility index (Phi) is 3.64. The summed E-state index contributed by atoms with van der Waals surface area (Å²) in [5, 5.41) is 9.10. The molecule has 1 N–H and O–H groups in total.